The fourth-order valence-corrected chi connectivity index (χ4v) is 2.75. The van der Waals surface area contributed by atoms with Crippen LogP contribution in [0.2, 0.25) is 0 Å². The van der Waals surface area contributed by atoms with E-state index < -0.39 is 6.04 Å². The zero-order valence-electron chi connectivity index (χ0n) is 14.0. The summed E-state index contributed by atoms with van der Waals surface area (Å²) in [6.07, 6.45) is 1.59. The van der Waals surface area contributed by atoms with E-state index in [1.807, 2.05) is 0 Å². The van der Waals surface area contributed by atoms with Crippen LogP contribution in [0.1, 0.15) is 11.9 Å². The molecule has 0 aliphatic carbocycles. The molecule has 2 aromatic heterocycles. The first-order valence-electron chi connectivity index (χ1n) is 7.79. The fourth-order valence-electron chi connectivity index (χ4n) is 2.75. The van der Waals surface area contributed by atoms with E-state index in [9.17, 15) is 15.0 Å². The van der Waals surface area contributed by atoms with Crippen molar-refractivity contribution < 1.29 is 15.0 Å². The summed E-state index contributed by atoms with van der Waals surface area (Å²) in [5.41, 5.74) is 2.03. The number of rotatable bonds is 5. The van der Waals surface area contributed by atoms with Crippen LogP contribution in [0.25, 0.3) is 11.0 Å². The number of urea groups is 1. The average molecular weight is 344 g/mol. The Hall–Kier alpha value is -2.91. The number of hydrogen-bond donors (Lipinski definition) is 4. The van der Waals surface area contributed by atoms with Crippen LogP contribution in [-0.2, 0) is 7.05 Å². The van der Waals surface area contributed by atoms with Crippen molar-refractivity contribution in [1.29, 1.82) is 0 Å². The Kier molecular flexibility index (Phi) is 4.68. The van der Waals surface area contributed by atoms with E-state index in [0.717, 1.165) is 5.52 Å². The highest BCUT2D eigenvalue weighted by molar-refractivity contribution is 6.00. The molecule has 0 fully saturated rings. The molecular weight excluding hydrogens is 324 g/mol. The highest BCUT2D eigenvalue weighted by atomic mass is 16.3. The molecule has 2 amide bonds. The summed E-state index contributed by atoms with van der Waals surface area (Å²) in [7, 11) is 1.73. The number of aromatic nitrogens is 4. The summed E-state index contributed by atoms with van der Waals surface area (Å²) in [5.74, 6) is 1.26. The van der Waals surface area contributed by atoms with Crippen molar-refractivity contribution in [2.45, 2.75) is 13.0 Å². The van der Waals surface area contributed by atoms with Crippen molar-refractivity contribution in [1.82, 2.24) is 19.3 Å². The second-order valence-electron chi connectivity index (χ2n) is 5.67. The number of carbonyl (C=O) groups is 1. The van der Waals surface area contributed by atoms with Crippen molar-refractivity contribution >= 4 is 28.6 Å². The lowest BCUT2D eigenvalue weighted by Crippen LogP contribution is -2.21. The van der Waals surface area contributed by atoms with Gasteiger partial charge < -0.3 is 20.1 Å². The molecular formula is C16H20N6O3. The molecule has 132 valence electrons. The number of amides is 2. The second kappa shape index (κ2) is 6.91. The summed E-state index contributed by atoms with van der Waals surface area (Å²) in [6, 6.07) is 6.15. The number of hydrogen-bond acceptors (Lipinski definition) is 5. The Morgan fingerprint density at radius 1 is 1.24 bits per heavy atom. The fraction of sp³-hybridized carbons (Fsp3) is 0.312. The Bertz CT molecular complexity index is 897. The van der Waals surface area contributed by atoms with Gasteiger partial charge in [0, 0.05) is 18.8 Å². The zero-order valence-corrected chi connectivity index (χ0v) is 14.0. The van der Waals surface area contributed by atoms with Gasteiger partial charge in [0.05, 0.1) is 36.5 Å². The molecule has 0 radical (unpaired) electrons. The number of aryl methyl sites for hydroxylation is 2. The Labute approximate surface area is 143 Å². The highest BCUT2D eigenvalue weighted by Gasteiger charge is 2.16. The first-order valence-corrected chi connectivity index (χ1v) is 7.79. The molecule has 4 N–H and O–H groups in total. The largest absolute Gasteiger partial charge is 0.394 e. The number of fused-ring (bicyclic) bond motifs is 1. The minimum atomic E-state index is -0.447. The SMILES string of the molecule is Cc1nc2cc(NC(=O)Nc3ccnn3C)ccc2n1C(CO)CO. The Morgan fingerprint density at radius 3 is 2.64 bits per heavy atom. The maximum absolute atomic E-state index is 12.1. The third-order valence-corrected chi connectivity index (χ3v) is 3.97. The number of imidazole rings is 1. The Balaban J connectivity index is 1.82. The van der Waals surface area contributed by atoms with Crippen LogP contribution in [0.4, 0.5) is 16.3 Å². The van der Waals surface area contributed by atoms with Crippen molar-refractivity contribution in [3.63, 3.8) is 0 Å². The maximum Gasteiger partial charge on any atom is 0.324 e. The average Bonchev–Trinajstić information content (AvgIpc) is 3.12. The lowest BCUT2D eigenvalue weighted by atomic mass is 10.2. The van der Waals surface area contributed by atoms with Crippen LogP contribution in [0.15, 0.2) is 30.5 Å². The van der Waals surface area contributed by atoms with E-state index >= 15 is 0 Å². The predicted octanol–water partition coefficient (Wildman–Crippen LogP) is 1.25. The predicted molar refractivity (Wildman–Crippen MR) is 93.5 cm³/mol. The van der Waals surface area contributed by atoms with Gasteiger partial charge in [-0.25, -0.2) is 9.78 Å². The van der Waals surface area contributed by atoms with Crippen molar-refractivity contribution in [3.8, 4) is 0 Å². The van der Waals surface area contributed by atoms with Gasteiger partial charge in [-0.15, -0.1) is 0 Å². The van der Waals surface area contributed by atoms with Crippen LogP contribution in [0.3, 0.4) is 0 Å². The van der Waals surface area contributed by atoms with Gasteiger partial charge >= 0.3 is 6.03 Å². The molecule has 0 spiro atoms. The lowest BCUT2D eigenvalue weighted by Gasteiger charge is -2.16. The van der Waals surface area contributed by atoms with Crippen LogP contribution < -0.4 is 10.6 Å². The van der Waals surface area contributed by atoms with Crippen LogP contribution in [0.5, 0.6) is 0 Å². The molecule has 25 heavy (non-hydrogen) atoms. The quantitative estimate of drug-likeness (QED) is 0.556. The number of aliphatic hydroxyl groups is 2. The maximum atomic E-state index is 12.1. The molecule has 3 rings (SSSR count). The topological polar surface area (TPSA) is 117 Å². The van der Waals surface area contributed by atoms with E-state index in [1.165, 1.54) is 0 Å². The summed E-state index contributed by atoms with van der Waals surface area (Å²) < 4.78 is 3.34. The second-order valence-corrected chi connectivity index (χ2v) is 5.67. The number of benzene rings is 1. The first kappa shape index (κ1) is 16.9. The molecule has 2 heterocycles. The van der Waals surface area contributed by atoms with Crippen molar-refractivity contribution in [3.05, 3.63) is 36.3 Å². The first-order chi connectivity index (χ1) is 12.0. The Morgan fingerprint density at radius 2 is 2.00 bits per heavy atom. The minimum Gasteiger partial charge on any atom is -0.394 e. The van der Waals surface area contributed by atoms with Gasteiger partial charge in [-0.3, -0.25) is 10.00 Å². The van der Waals surface area contributed by atoms with E-state index in [4.69, 9.17) is 0 Å². The van der Waals surface area contributed by atoms with E-state index in [2.05, 4.69) is 20.7 Å². The molecule has 9 heteroatoms. The van der Waals surface area contributed by atoms with Gasteiger partial charge in [0.15, 0.2) is 0 Å². The third kappa shape index (κ3) is 3.32. The molecule has 0 saturated heterocycles. The standard InChI is InChI=1S/C16H20N6O3/c1-10-18-13-7-11(3-4-14(13)22(10)12(8-23)9-24)19-16(25)20-15-5-6-17-21(15)2/h3-7,12,23-24H,8-9H2,1-2H3,(H2,19,20,25). The van der Waals surface area contributed by atoms with Gasteiger partial charge in [-0.05, 0) is 25.1 Å². The molecule has 0 aliphatic rings. The molecule has 0 atom stereocenters. The summed E-state index contributed by atoms with van der Waals surface area (Å²) in [6.45, 7) is 1.44. The number of aliphatic hydroxyl groups excluding tert-OH is 2. The molecule has 0 unspecified atom stereocenters. The molecule has 0 bridgehead atoms. The third-order valence-electron chi connectivity index (χ3n) is 3.97. The van der Waals surface area contributed by atoms with Crippen LogP contribution in [0, 0.1) is 6.92 Å². The van der Waals surface area contributed by atoms with Crippen molar-refractivity contribution in [2.24, 2.45) is 7.05 Å². The molecule has 9 nitrogen and oxygen atoms in total. The molecule has 0 aliphatic heterocycles. The van der Waals surface area contributed by atoms with E-state index in [-0.39, 0.29) is 19.2 Å². The van der Waals surface area contributed by atoms with Gasteiger partial charge in [0.25, 0.3) is 0 Å². The minimum absolute atomic E-state index is 0.185. The zero-order chi connectivity index (χ0) is 18.0. The van der Waals surface area contributed by atoms with Gasteiger partial charge in [0.1, 0.15) is 11.6 Å². The number of anilines is 2. The lowest BCUT2D eigenvalue weighted by molar-refractivity contribution is 0.155. The van der Waals surface area contributed by atoms with E-state index in [1.54, 1.807) is 53.7 Å². The summed E-state index contributed by atoms with van der Waals surface area (Å²) in [4.78, 5) is 16.5. The van der Waals surface area contributed by atoms with Crippen LogP contribution >= 0.6 is 0 Å². The number of nitrogens with zero attached hydrogens (tertiary/aromatic N) is 4. The molecule has 3 aromatic rings. The van der Waals surface area contributed by atoms with Gasteiger partial charge in [-0.1, -0.05) is 0 Å². The van der Waals surface area contributed by atoms with Crippen molar-refractivity contribution in [2.75, 3.05) is 23.8 Å². The monoisotopic (exact) mass is 344 g/mol. The van der Waals surface area contributed by atoms with Gasteiger partial charge in [0.2, 0.25) is 0 Å². The normalized spacial score (nSPS) is 11.2. The smallest absolute Gasteiger partial charge is 0.324 e. The summed E-state index contributed by atoms with van der Waals surface area (Å²) >= 11 is 0. The number of nitrogens with one attached hydrogen (secondary N) is 2. The van der Waals surface area contributed by atoms with Crippen LogP contribution in [-0.4, -0.2) is 48.8 Å². The van der Waals surface area contributed by atoms with Gasteiger partial charge in [-0.2, -0.15) is 5.10 Å². The number of carbonyl (C=O) groups excluding carboxylic acids is 1. The molecule has 1 aromatic carbocycles. The van der Waals surface area contributed by atoms with E-state index in [0.29, 0.717) is 22.8 Å². The highest BCUT2D eigenvalue weighted by Crippen LogP contribution is 2.24. The molecule has 0 saturated carbocycles. The summed E-state index contributed by atoms with van der Waals surface area (Å²) in [5, 5.41) is 28.3.